The van der Waals surface area contributed by atoms with E-state index in [1.165, 1.54) is 48.1 Å². The van der Waals surface area contributed by atoms with E-state index in [4.69, 9.17) is 14.2 Å². The Balaban J connectivity index is 1.37. The number of ether oxygens (including phenoxy) is 3. The zero-order valence-electron chi connectivity index (χ0n) is 19.3. The molecular formula is C24H22F3N5O4. The Morgan fingerprint density at radius 1 is 1.03 bits per heavy atom. The summed E-state index contributed by atoms with van der Waals surface area (Å²) in [7, 11) is 3.03. The van der Waals surface area contributed by atoms with Gasteiger partial charge in [-0.1, -0.05) is 18.2 Å². The van der Waals surface area contributed by atoms with Crippen molar-refractivity contribution in [1.29, 1.82) is 0 Å². The number of hydrogen-bond donors (Lipinski definition) is 1. The van der Waals surface area contributed by atoms with Gasteiger partial charge in [0.2, 0.25) is 5.75 Å². The summed E-state index contributed by atoms with van der Waals surface area (Å²) in [4.78, 5) is 12.6. The average Bonchev–Trinajstić information content (AvgIpc) is 3.51. The first-order valence-corrected chi connectivity index (χ1v) is 10.6. The minimum atomic E-state index is -4.42. The van der Waals surface area contributed by atoms with Crippen molar-refractivity contribution in [2.24, 2.45) is 0 Å². The summed E-state index contributed by atoms with van der Waals surface area (Å²) in [6.45, 7) is 0.108. The predicted octanol–water partition coefficient (Wildman–Crippen LogP) is 4.45. The van der Waals surface area contributed by atoms with Crippen molar-refractivity contribution in [2.45, 2.75) is 19.5 Å². The fourth-order valence-electron chi connectivity index (χ4n) is 3.39. The number of nitrogens with zero attached hydrogens (tertiary/aromatic N) is 4. The van der Waals surface area contributed by atoms with Crippen LogP contribution in [0.15, 0.2) is 67.1 Å². The lowest BCUT2D eigenvalue weighted by atomic mass is 10.1. The van der Waals surface area contributed by atoms with Crippen molar-refractivity contribution < 1.29 is 32.2 Å². The molecule has 188 valence electrons. The number of anilines is 1. The Morgan fingerprint density at radius 3 is 2.44 bits per heavy atom. The first-order valence-electron chi connectivity index (χ1n) is 10.6. The van der Waals surface area contributed by atoms with Crippen LogP contribution in [0.25, 0.3) is 0 Å². The normalized spacial score (nSPS) is 11.2. The van der Waals surface area contributed by atoms with E-state index in [0.717, 1.165) is 12.1 Å². The molecule has 1 N–H and O–H groups in total. The van der Waals surface area contributed by atoms with Gasteiger partial charge in [0.25, 0.3) is 5.91 Å². The van der Waals surface area contributed by atoms with E-state index in [0.29, 0.717) is 28.5 Å². The SMILES string of the molecule is COc1cccc(OC)c1OCn1ccc(C(=O)Nc2cnn(Cc3cccc(C(F)(F)F)c3)c2)n1. The van der Waals surface area contributed by atoms with E-state index >= 15 is 0 Å². The maximum atomic E-state index is 12.9. The van der Waals surface area contributed by atoms with Crippen LogP contribution in [0.5, 0.6) is 17.2 Å². The Hall–Kier alpha value is -4.48. The fourth-order valence-corrected chi connectivity index (χ4v) is 3.39. The van der Waals surface area contributed by atoms with Crippen LogP contribution in [-0.4, -0.2) is 39.7 Å². The quantitative estimate of drug-likeness (QED) is 0.364. The molecule has 2 aromatic heterocycles. The first kappa shape index (κ1) is 24.6. The highest BCUT2D eigenvalue weighted by molar-refractivity contribution is 6.02. The third-order valence-electron chi connectivity index (χ3n) is 5.09. The summed E-state index contributed by atoms with van der Waals surface area (Å²) >= 11 is 0. The van der Waals surface area contributed by atoms with Gasteiger partial charge in [0.15, 0.2) is 23.9 Å². The molecule has 2 heterocycles. The van der Waals surface area contributed by atoms with Gasteiger partial charge >= 0.3 is 6.18 Å². The van der Waals surface area contributed by atoms with Gasteiger partial charge in [-0.3, -0.25) is 9.48 Å². The summed E-state index contributed by atoms with van der Waals surface area (Å²) in [6.07, 6.45) is 0.0760. The van der Waals surface area contributed by atoms with Crippen LogP contribution in [0.2, 0.25) is 0 Å². The summed E-state index contributed by atoms with van der Waals surface area (Å²) in [5.41, 5.74) is 0.202. The highest BCUT2D eigenvalue weighted by atomic mass is 19.4. The molecule has 1 amide bonds. The van der Waals surface area contributed by atoms with Gasteiger partial charge in [0.05, 0.1) is 38.2 Å². The smallest absolute Gasteiger partial charge is 0.416 e. The van der Waals surface area contributed by atoms with Crippen LogP contribution in [0.1, 0.15) is 21.6 Å². The number of amides is 1. The van der Waals surface area contributed by atoms with E-state index in [1.54, 1.807) is 30.5 Å². The monoisotopic (exact) mass is 501 g/mol. The van der Waals surface area contributed by atoms with E-state index in [2.05, 4.69) is 15.5 Å². The third-order valence-corrected chi connectivity index (χ3v) is 5.09. The number of nitrogens with one attached hydrogen (secondary N) is 1. The lowest BCUT2D eigenvalue weighted by Crippen LogP contribution is -2.14. The standard InChI is InChI=1S/C24H22F3N5O4/c1-34-20-7-4-8-21(35-2)22(20)36-15-31-10-9-19(30-31)23(33)29-18-12-28-32(14-18)13-16-5-3-6-17(11-16)24(25,26)27/h3-12,14H,13,15H2,1-2H3,(H,29,33). The highest BCUT2D eigenvalue weighted by Crippen LogP contribution is 2.37. The molecule has 0 unspecified atom stereocenters. The molecule has 0 spiro atoms. The van der Waals surface area contributed by atoms with Crippen LogP contribution in [0.4, 0.5) is 18.9 Å². The van der Waals surface area contributed by atoms with E-state index < -0.39 is 17.6 Å². The highest BCUT2D eigenvalue weighted by Gasteiger charge is 2.30. The Morgan fingerprint density at radius 2 is 1.75 bits per heavy atom. The topological polar surface area (TPSA) is 92.4 Å². The molecule has 4 aromatic rings. The number of benzene rings is 2. The third kappa shape index (κ3) is 5.77. The van der Waals surface area contributed by atoms with Crippen LogP contribution in [0, 0.1) is 0 Å². The van der Waals surface area contributed by atoms with Crippen LogP contribution in [-0.2, 0) is 19.5 Å². The molecule has 0 saturated carbocycles. The molecule has 0 saturated heterocycles. The second-order valence-corrected chi connectivity index (χ2v) is 7.58. The molecule has 0 aliphatic rings. The molecule has 4 rings (SSSR count). The summed E-state index contributed by atoms with van der Waals surface area (Å²) in [5, 5.41) is 11.0. The minimum absolute atomic E-state index is 0.00106. The average molecular weight is 501 g/mol. The van der Waals surface area contributed by atoms with Crippen molar-refractivity contribution in [3.05, 3.63) is 83.9 Å². The molecular weight excluding hydrogens is 479 g/mol. The number of para-hydroxylation sites is 1. The number of alkyl halides is 3. The predicted molar refractivity (Wildman–Crippen MR) is 123 cm³/mol. The molecule has 9 nitrogen and oxygen atoms in total. The first-order chi connectivity index (χ1) is 17.3. The van der Waals surface area contributed by atoms with Gasteiger partial charge in [-0.25, -0.2) is 4.68 Å². The van der Waals surface area contributed by atoms with Crippen molar-refractivity contribution >= 4 is 11.6 Å². The number of rotatable bonds is 9. The van der Waals surface area contributed by atoms with Gasteiger partial charge < -0.3 is 19.5 Å². The molecule has 2 aromatic carbocycles. The summed E-state index contributed by atoms with van der Waals surface area (Å²) in [6, 6.07) is 11.7. The van der Waals surface area contributed by atoms with E-state index in [9.17, 15) is 18.0 Å². The zero-order chi connectivity index (χ0) is 25.7. The maximum absolute atomic E-state index is 12.9. The zero-order valence-corrected chi connectivity index (χ0v) is 19.3. The Labute approximate surface area is 204 Å². The van der Waals surface area contributed by atoms with E-state index in [1.807, 2.05) is 0 Å². The molecule has 0 fully saturated rings. The fraction of sp³-hybridized carbons (Fsp3) is 0.208. The number of methoxy groups -OCH3 is 2. The van der Waals surface area contributed by atoms with Gasteiger partial charge in [-0.2, -0.15) is 23.4 Å². The molecule has 0 radical (unpaired) electrons. The number of halogens is 3. The maximum Gasteiger partial charge on any atom is 0.416 e. The number of carbonyl (C=O) groups is 1. The molecule has 0 bridgehead atoms. The van der Waals surface area contributed by atoms with Gasteiger partial charge in [-0.15, -0.1) is 0 Å². The van der Waals surface area contributed by atoms with Crippen molar-refractivity contribution in [3.8, 4) is 17.2 Å². The largest absolute Gasteiger partial charge is 0.493 e. The van der Waals surface area contributed by atoms with Crippen LogP contribution < -0.4 is 19.5 Å². The van der Waals surface area contributed by atoms with Crippen molar-refractivity contribution in [2.75, 3.05) is 19.5 Å². The molecule has 0 aliphatic heterocycles. The van der Waals surface area contributed by atoms with Crippen LogP contribution in [0.3, 0.4) is 0 Å². The molecule has 0 atom stereocenters. The second kappa shape index (κ2) is 10.4. The lowest BCUT2D eigenvalue weighted by molar-refractivity contribution is -0.137. The molecule has 0 aliphatic carbocycles. The summed E-state index contributed by atoms with van der Waals surface area (Å²) in [5.74, 6) is 0.891. The second-order valence-electron chi connectivity index (χ2n) is 7.58. The van der Waals surface area contributed by atoms with Gasteiger partial charge in [0.1, 0.15) is 0 Å². The Bertz CT molecular complexity index is 1330. The van der Waals surface area contributed by atoms with Crippen molar-refractivity contribution in [3.63, 3.8) is 0 Å². The van der Waals surface area contributed by atoms with Crippen LogP contribution >= 0.6 is 0 Å². The van der Waals surface area contributed by atoms with E-state index in [-0.39, 0.29) is 19.0 Å². The number of hydrogen-bond acceptors (Lipinski definition) is 6. The van der Waals surface area contributed by atoms with Gasteiger partial charge in [0, 0.05) is 12.4 Å². The molecule has 36 heavy (non-hydrogen) atoms. The number of carbonyl (C=O) groups excluding carboxylic acids is 1. The van der Waals surface area contributed by atoms with Gasteiger partial charge in [-0.05, 0) is 35.9 Å². The Kier molecular flexibility index (Phi) is 7.13. The lowest BCUT2D eigenvalue weighted by Gasteiger charge is -2.13. The van der Waals surface area contributed by atoms with Crippen molar-refractivity contribution in [1.82, 2.24) is 19.6 Å². The number of aromatic nitrogens is 4. The molecule has 12 heteroatoms. The minimum Gasteiger partial charge on any atom is -0.493 e. The summed E-state index contributed by atoms with van der Waals surface area (Å²) < 4.78 is 58.0.